The highest BCUT2D eigenvalue weighted by Crippen LogP contribution is 2.46. The normalized spacial score (nSPS) is 22.2. The number of nitrogens with two attached hydrogens (primary N) is 1. The van der Waals surface area contributed by atoms with Gasteiger partial charge >= 0.3 is 6.03 Å². The van der Waals surface area contributed by atoms with E-state index in [2.05, 4.69) is 85.5 Å². The van der Waals surface area contributed by atoms with Crippen LogP contribution < -0.4 is 32.3 Å². The summed E-state index contributed by atoms with van der Waals surface area (Å²) in [4.78, 5) is 55.4. The van der Waals surface area contributed by atoms with Gasteiger partial charge in [-0.2, -0.15) is 0 Å². The second kappa shape index (κ2) is 22.7. The maximum absolute atomic E-state index is 15.2. The molecule has 13 heteroatoms. The van der Waals surface area contributed by atoms with Gasteiger partial charge in [-0.1, -0.05) is 71.9 Å². The summed E-state index contributed by atoms with van der Waals surface area (Å²) in [6.07, 6.45) is 9.35. The Bertz CT molecular complexity index is 1490. The van der Waals surface area contributed by atoms with Crippen molar-refractivity contribution < 1.29 is 33.4 Å². The number of ketones is 2. The lowest BCUT2D eigenvalue weighted by Gasteiger charge is -2.42. The lowest BCUT2D eigenvalue weighted by atomic mass is 9.67. The third kappa shape index (κ3) is 14.5. The van der Waals surface area contributed by atoms with Crippen LogP contribution in [0.2, 0.25) is 0 Å². The van der Waals surface area contributed by atoms with Gasteiger partial charge in [0.05, 0.1) is 62.8 Å². The zero-order chi connectivity index (χ0) is 43.1. The topological polar surface area (TPSA) is 182 Å². The summed E-state index contributed by atoms with van der Waals surface area (Å²) in [6.45, 7) is 18.6. The van der Waals surface area contributed by atoms with Gasteiger partial charge < -0.3 is 41.2 Å². The quantitative estimate of drug-likeness (QED) is 0.0685. The summed E-state index contributed by atoms with van der Waals surface area (Å²) < 4.78 is 17.1. The highest BCUT2D eigenvalue weighted by Gasteiger charge is 2.49. The van der Waals surface area contributed by atoms with Crippen LogP contribution in [0.5, 0.6) is 0 Å². The molecule has 2 aliphatic carbocycles. The van der Waals surface area contributed by atoms with Crippen LogP contribution in [0.25, 0.3) is 0 Å². The first kappa shape index (κ1) is 48.6. The Hall–Kier alpha value is -3.10. The first-order valence-electron chi connectivity index (χ1n) is 22.5. The fourth-order valence-corrected chi connectivity index (χ4v) is 9.27. The minimum Gasteiger partial charge on any atom is -0.379 e. The molecule has 5 rings (SSSR count). The molecule has 2 heterocycles. The van der Waals surface area contributed by atoms with Gasteiger partial charge in [0.2, 0.25) is 5.91 Å². The lowest BCUT2D eigenvalue weighted by molar-refractivity contribution is -0.134. The van der Waals surface area contributed by atoms with Crippen LogP contribution >= 0.6 is 0 Å². The number of primary amides is 1. The minimum atomic E-state index is -0.888. The summed E-state index contributed by atoms with van der Waals surface area (Å²) in [5.41, 5.74) is 5.69. The smallest absolute Gasteiger partial charge is 0.312 e. The number of amides is 3. The largest absolute Gasteiger partial charge is 0.379 e. The molecule has 334 valence electrons. The van der Waals surface area contributed by atoms with E-state index in [1.165, 1.54) is 5.56 Å². The van der Waals surface area contributed by atoms with Crippen molar-refractivity contribution in [3.05, 3.63) is 29.8 Å². The standard InChI is InChI=1S/C46H78N6O7/c1-33(2)39(52-45(21-10-8-11-22-45)38(53)20-26-57-28-30-59-31-29-58-27-25-49-43(3,4)5)41(55)50-37(15-13-24-48-42(47)56)40(54)46-23-12-9-14-35(32-46)44(6,7)34-16-18-36(51-46)19-17-34/h16-19,33,35,37,39,49,51-52H,8-15,20-32H2,1-7H3,(H,50,55)(H3,47,48,56)/t35?,37-,39-,46?/m0/s1. The van der Waals surface area contributed by atoms with Crippen LogP contribution in [0.4, 0.5) is 10.5 Å². The number of hydrogen-bond acceptors (Lipinski definition) is 10. The van der Waals surface area contributed by atoms with E-state index >= 15 is 4.79 Å². The number of urea groups is 1. The maximum atomic E-state index is 15.2. The predicted molar refractivity (Wildman–Crippen MR) is 234 cm³/mol. The molecule has 13 nitrogen and oxygen atoms in total. The molecule has 0 spiro atoms. The van der Waals surface area contributed by atoms with Crippen molar-refractivity contribution in [1.82, 2.24) is 21.3 Å². The van der Waals surface area contributed by atoms with Crippen LogP contribution in [0.1, 0.15) is 138 Å². The van der Waals surface area contributed by atoms with Crippen LogP contribution in [0.3, 0.4) is 0 Å². The first-order chi connectivity index (χ1) is 28.0. The summed E-state index contributed by atoms with van der Waals surface area (Å²) in [6, 6.07) is 6.31. The van der Waals surface area contributed by atoms with Crippen LogP contribution in [-0.4, -0.2) is 105 Å². The van der Waals surface area contributed by atoms with Gasteiger partial charge in [0.15, 0.2) is 11.6 Å². The fourth-order valence-electron chi connectivity index (χ4n) is 9.27. The van der Waals surface area contributed by atoms with Crippen molar-refractivity contribution >= 4 is 29.2 Å². The van der Waals surface area contributed by atoms with E-state index in [-0.39, 0.29) is 59.8 Å². The van der Waals surface area contributed by atoms with E-state index in [1.54, 1.807) is 0 Å². The van der Waals surface area contributed by atoms with Gasteiger partial charge in [0, 0.05) is 30.7 Å². The number of fused-ring (bicyclic) bond motifs is 2. The molecule has 3 amide bonds. The van der Waals surface area contributed by atoms with Gasteiger partial charge in [-0.25, -0.2) is 4.79 Å². The van der Waals surface area contributed by atoms with Crippen LogP contribution in [-0.2, 0) is 34.0 Å². The molecule has 7 N–H and O–H groups in total. The van der Waals surface area contributed by atoms with Crippen LogP contribution in [0, 0.1) is 11.8 Å². The van der Waals surface area contributed by atoms with Crippen molar-refractivity contribution in [2.75, 3.05) is 58.0 Å². The number of carbonyl (C=O) groups excluding carboxylic acids is 4. The van der Waals surface area contributed by atoms with Crippen molar-refractivity contribution in [3.8, 4) is 0 Å². The predicted octanol–water partition coefficient (Wildman–Crippen LogP) is 5.93. The number of nitrogens with one attached hydrogen (secondary N) is 5. The molecule has 2 unspecified atom stereocenters. The molecule has 2 fully saturated rings. The highest BCUT2D eigenvalue weighted by atomic mass is 16.5. The Labute approximate surface area is 354 Å². The molecular formula is C46H78N6O7. The summed E-state index contributed by atoms with van der Waals surface area (Å²) >= 11 is 0. The Balaban J connectivity index is 1.42. The van der Waals surface area contributed by atoms with Gasteiger partial charge in [0.25, 0.3) is 0 Å². The fraction of sp³-hybridized carbons (Fsp3) is 0.783. The Morgan fingerprint density at radius 2 is 1.47 bits per heavy atom. The van der Waals surface area contributed by atoms with Crippen molar-refractivity contribution in [2.24, 2.45) is 17.6 Å². The van der Waals surface area contributed by atoms with Gasteiger partial charge in [0.1, 0.15) is 0 Å². The molecule has 4 aliphatic rings. The average Bonchev–Trinajstić information content (AvgIpc) is 3.38. The zero-order valence-electron chi connectivity index (χ0n) is 37.4. The zero-order valence-corrected chi connectivity index (χ0v) is 37.4. The number of hydrogen-bond donors (Lipinski definition) is 6. The summed E-state index contributed by atoms with van der Waals surface area (Å²) in [7, 11) is 0. The molecule has 2 saturated carbocycles. The summed E-state index contributed by atoms with van der Waals surface area (Å²) in [5, 5.41) is 16.5. The number of ether oxygens (including phenoxy) is 3. The molecule has 1 aromatic carbocycles. The maximum Gasteiger partial charge on any atom is 0.312 e. The molecular weight excluding hydrogens is 749 g/mol. The molecule has 0 radical (unpaired) electrons. The van der Waals surface area contributed by atoms with E-state index in [0.29, 0.717) is 71.6 Å². The van der Waals surface area contributed by atoms with Gasteiger partial charge in [-0.05, 0) is 101 Å². The molecule has 0 saturated heterocycles. The monoisotopic (exact) mass is 827 g/mol. The molecule has 4 atom stereocenters. The molecule has 59 heavy (non-hydrogen) atoms. The molecule has 2 aliphatic heterocycles. The number of benzene rings is 1. The Morgan fingerprint density at radius 1 is 0.847 bits per heavy atom. The van der Waals surface area contributed by atoms with E-state index in [4.69, 9.17) is 19.9 Å². The van der Waals surface area contributed by atoms with E-state index in [1.807, 2.05) is 13.8 Å². The molecule has 1 aromatic rings. The van der Waals surface area contributed by atoms with E-state index < -0.39 is 29.2 Å². The molecule has 0 aromatic heterocycles. The lowest BCUT2D eigenvalue weighted by Crippen LogP contribution is -2.64. The van der Waals surface area contributed by atoms with Gasteiger partial charge in [-0.3, -0.25) is 19.7 Å². The third-order valence-corrected chi connectivity index (χ3v) is 12.8. The average molecular weight is 827 g/mol. The van der Waals surface area contributed by atoms with E-state index in [0.717, 1.165) is 50.8 Å². The molecule has 4 bridgehead atoms. The number of Topliss-reactive ketones (excluding diaryl/α,β-unsaturated/α-hetero) is 2. The Kier molecular flexibility index (Phi) is 18.7. The number of anilines is 1. The Morgan fingerprint density at radius 3 is 2.10 bits per heavy atom. The van der Waals surface area contributed by atoms with Crippen molar-refractivity contribution in [1.29, 1.82) is 0 Å². The number of rotatable bonds is 24. The second-order valence-electron chi connectivity index (χ2n) is 19.2. The second-order valence-corrected chi connectivity index (χ2v) is 19.2. The SMILES string of the molecule is CC(C)[C@H](NC1(C(=O)CCOCCOCCOCCNC(C)(C)C)CCCCC1)C(=O)N[C@@H](CCCNC(N)=O)C(=O)C12CCCCC(C1)C(C)(C)c1ccc(cc1)N2. The highest BCUT2D eigenvalue weighted by molar-refractivity contribution is 5.99. The first-order valence-corrected chi connectivity index (χ1v) is 22.5. The van der Waals surface area contributed by atoms with Gasteiger partial charge in [-0.15, -0.1) is 0 Å². The summed E-state index contributed by atoms with van der Waals surface area (Å²) in [5.74, 6) is -0.198. The minimum absolute atomic E-state index is 0.0368. The number of carbonyl (C=O) groups is 4. The van der Waals surface area contributed by atoms with Crippen molar-refractivity contribution in [3.63, 3.8) is 0 Å². The van der Waals surface area contributed by atoms with Crippen molar-refractivity contribution in [2.45, 2.75) is 166 Å². The van der Waals surface area contributed by atoms with Crippen LogP contribution in [0.15, 0.2) is 24.3 Å². The third-order valence-electron chi connectivity index (χ3n) is 12.8. The van der Waals surface area contributed by atoms with E-state index in [9.17, 15) is 14.4 Å².